The van der Waals surface area contributed by atoms with Crippen LogP contribution in [0.1, 0.15) is 6.92 Å². The first kappa shape index (κ1) is 13.4. The molecule has 1 unspecified atom stereocenters. The van der Waals surface area contributed by atoms with Gasteiger partial charge in [0.2, 0.25) is 11.8 Å². The maximum Gasteiger partial charge on any atom is 0.373 e. The first-order chi connectivity index (χ1) is 6.34. The number of ether oxygens (including phenoxy) is 1. The molecule has 0 rings (SSSR count). The quantitative estimate of drug-likeness (QED) is 0.293. The fourth-order valence-electron chi connectivity index (χ4n) is 1.17. The molecule has 0 aromatic heterocycles. The molecule has 82 valence electrons. The van der Waals surface area contributed by atoms with Gasteiger partial charge in [-0.2, -0.15) is 0 Å². The van der Waals surface area contributed by atoms with Gasteiger partial charge < -0.3 is 9.22 Å². The molecule has 0 amide bonds. The van der Waals surface area contributed by atoms with Crippen LogP contribution >= 0.6 is 11.6 Å². The number of Topliss-reactive ketones (excluding diaryl/α,β-unsaturated/α-hetero) is 1. The summed E-state index contributed by atoms with van der Waals surface area (Å²) in [6, 6.07) is -0.826. The number of esters is 1. The van der Waals surface area contributed by atoms with E-state index in [0.29, 0.717) is 0 Å². The molecule has 0 aromatic rings. The first-order valence-electron chi connectivity index (χ1n) is 4.41. The molecule has 5 heteroatoms. The molecular formula is C9H17ClNO3+. The van der Waals surface area contributed by atoms with Gasteiger partial charge >= 0.3 is 5.97 Å². The van der Waals surface area contributed by atoms with Crippen molar-refractivity contribution in [2.75, 3.05) is 33.6 Å². The lowest BCUT2D eigenvalue weighted by atomic mass is 10.1. The number of likely N-dealkylation sites (N-methyl/N-ethyl adjacent to an activating group) is 1. The molecule has 1 atom stereocenters. The Morgan fingerprint density at radius 2 is 1.86 bits per heavy atom. The van der Waals surface area contributed by atoms with Crippen LogP contribution in [-0.2, 0) is 14.3 Å². The highest BCUT2D eigenvalue weighted by atomic mass is 35.5. The molecule has 0 aliphatic heterocycles. The topological polar surface area (TPSA) is 43.4 Å². The second kappa shape index (κ2) is 5.32. The summed E-state index contributed by atoms with van der Waals surface area (Å²) in [6.45, 7) is 1.97. The molecule has 0 N–H and O–H groups in total. The minimum Gasteiger partial charge on any atom is -0.461 e. The number of rotatable bonds is 5. The summed E-state index contributed by atoms with van der Waals surface area (Å²) in [6.07, 6.45) is 0. The van der Waals surface area contributed by atoms with Gasteiger partial charge in [0.15, 0.2) is 0 Å². The van der Waals surface area contributed by atoms with Gasteiger partial charge in [0.25, 0.3) is 0 Å². The van der Waals surface area contributed by atoms with E-state index in [1.807, 2.05) is 0 Å². The maximum atomic E-state index is 11.5. The van der Waals surface area contributed by atoms with Crippen molar-refractivity contribution < 1.29 is 18.8 Å². The summed E-state index contributed by atoms with van der Waals surface area (Å²) in [4.78, 5) is 22.9. The fraction of sp³-hybridized carbons (Fsp3) is 0.778. The summed E-state index contributed by atoms with van der Waals surface area (Å²) in [5.41, 5.74) is 0. The summed E-state index contributed by atoms with van der Waals surface area (Å²) >= 11 is 5.43. The fourth-order valence-corrected chi connectivity index (χ4v) is 1.32. The Morgan fingerprint density at radius 1 is 1.36 bits per heavy atom. The molecular weight excluding hydrogens is 206 g/mol. The van der Waals surface area contributed by atoms with Gasteiger partial charge in [-0.25, -0.2) is 4.79 Å². The van der Waals surface area contributed by atoms with E-state index in [2.05, 4.69) is 0 Å². The van der Waals surface area contributed by atoms with Crippen molar-refractivity contribution in [2.45, 2.75) is 13.0 Å². The van der Waals surface area contributed by atoms with E-state index in [9.17, 15) is 9.59 Å². The average molecular weight is 223 g/mol. The van der Waals surface area contributed by atoms with Crippen LogP contribution in [0.25, 0.3) is 0 Å². The number of nitrogens with zero attached hydrogens (tertiary/aromatic N) is 1. The van der Waals surface area contributed by atoms with Gasteiger partial charge in [0.1, 0.15) is 0 Å². The van der Waals surface area contributed by atoms with E-state index >= 15 is 0 Å². The van der Waals surface area contributed by atoms with E-state index in [4.69, 9.17) is 16.3 Å². The summed E-state index contributed by atoms with van der Waals surface area (Å²) in [5.74, 6) is -0.984. The van der Waals surface area contributed by atoms with Crippen LogP contribution < -0.4 is 0 Å². The highest BCUT2D eigenvalue weighted by Gasteiger charge is 2.39. The zero-order valence-corrected chi connectivity index (χ0v) is 9.80. The van der Waals surface area contributed by atoms with E-state index < -0.39 is 12.0 Å². The van der Waals surface area contributed by atoms with Crippen LogP contribution in [0.3, 0.4) is 0 Å². The van der Waals surface area contributed by atoms with Crippen molar-refractivity contribution in [3.63, 3.8) is 0 Å². The number of alkyl halides is 1. The van der Waals surface area contributed by atoms with Crippen molar-refractivity contribution in [3.05, 3.63) is 0 Å². The standard InChI is InChI=1S/C9H17ClNO3/c1-5-14-9(13)8(7(12)6-10)11(2,3)4/h8H,5-6H2,1-4H3/q+1. The second-order valence-electron chi connectivity index (χ2n) is 3.87. The van der Waals surface area contributed by atoms with Gasteiger partial charge in [-0.1, -0.05) is 0 Å². The third kappa shape index (κ3) is 3.64. The normalized spacial score (nSPS) is 13.5. The lowest BCUT2D eigenvalue weighted by Crippen LogP contribution is -2.55. The lowest BCUT2D eigenvalue weighted by molar-refractivity contribution is -0.878. The Hall–Kier alpha value is -0.610. The summed E-state index contributed by atoms with van der Waals surface area (Å²) in [5, 5.41) is 0. The van der Waals surface area contributed by atoms with E-state index in [1.54, 1.807) is 28.1 Å². The van der Waals surface area contributed by atoms with Gasteiger partial charge in [-0.3, -0.25) is 4.79 Å². The number of ketones is 1. The third-order valence-electron chi connectivity index (χ3n) is 1.72. The number of halogens is 1. The van der Waals surface area contributed by atoms with Crippen molar-refractivity contribution >= 4 is 23.4 Å². The molecule has 0 aliphatic rings. The van der Waals surface area contributed by atoms with E-state index in [0.717, 1.165) is 0 Å². The maximum absolute atomic E-state index is 11.5. The van der Waals surface area contributed by atoms with Crippen LogP contribution in [0.4, 0.5) is 0 Å². The van der Waals surface area contributed by atoms with Crippen molar-refractivity contribution in [2.24, 2.45) is 0 Å². The van der Waals surface area contributed by atoms with Crippen molar-refractivity contribution in [1.82, 2.24) is 0 Å². The Morgan fingerprint density at radius 3 is 2.14 bits per heavy atom. The second-order valence-corrected chi connectivity index (χ2v) is 4.14. The van der Waals surface area contributed by atoms with Crippen LogP contribution in [-0.4, -0.2) is 55.9 Å². The smallest absolute Gasteiger partial charge is 0.373 e. The molecule has 0 heterocycles. The highest BCUT2D eigenvalue weighted by molar-refractivity contribution is 6.30. The van der Waals surface area contributed by atoms with Gasteiger partial charge in [-0.15, -0.1) is 11.6 Å². The molecule has 0 spiro atoms. The summed E-state index contributed by atoms with van der Waals surface area (Å²) < 4.78 is 5.02. The minimum atomic E-state index is -0.826. The Labute approximate surface area is 89.4 Å². The Bertz CT molecular complexity index is 223. The van der Waals surface area contributed by atoms with Crippen molar-refractivity contribution in [3.8, 4) is 0 Å². The van der Waals surface area contributed by atoms with Gasteiger partial charge in [0.05, 0.1) is 33.6 Å². The number of carbonyl (C=O) groups excluding carboxylic acids is 2. The van der Waals surface area contributed by atoms with E-state index in [-0.39, 0.29) is 22.8 Å². The number of hydrogen-bond acceptors (Lipinski definition) is 3. The molecule has 0 saturated heterocycles. The van der Waals surface area contributed by atoms with Crippen LogP contribution in [0.2, 0.25) is 0 Å². The molecule has 4 nitrogen and oxygen atoms in total. The largest absolute Gasteiger partial charge is 0.461 e. The molecule has 0 fully saturated rings. The Kier molecular flexibility index (Phi) is 5.08. The predicted octanol–water partition coefficient (Wildman–Crippen LogP) is 0.432. The molecule has 0 aromatic carbocycles. The number of carbonyl (C=O) groups is 2. The molecule has 0 bridgehead atoms. The zero-order valence-electron chi connectivity index (χ0n) is 9.04. The number of hydrogen-bond donors (Lipinski definition) is 0. The highest BCUT2D eigenvalue weighted by Crippen LogP contribution is 2.08. The lowest BCUT2D eigenvalue weighted by Gasteiger charge is -2.30. The Balaban J connectivity index is 4.73. The first-order valence-corrected chi connectivity index (χ1v) is 4.94. The molecule has 0 saturated carbocycles. The third-order valence-corrected chi connectivity index (χ3v) is 1.98. The monoisotopic (exact) mass is 222 g/mol. The van der Waals surface area contributed by atoms with Gasteiger partial charge in [0, 0.05) is 0 Å². The van der Waals surface area contributed by atoms with Crippen LogP contribution in [0.5, 0.6) is 0 Å². The van der Waals surface area contributed by atoms with Gasteiger partial charge in [-0.05, 0) is 6.92 Å². The number of quaternary nitrogens is 1. The average Bonchev–Trinajstić information content (AvgIpc) is 2.02. The summed E-state index contributed by atoms with van der Waals surface area (Å²) in [7, 11) is 5.27. The van der Waals surface area contributed by atoms with Crippen molar-refractivity contribution in [1.29, 1.82) is 0 Å². The van der Waals surface area contributed by atoms with E-state index in [1.165, 1.54) is 0 Å². The zero-order chi connectivity index (χ0) is 11.4. The SMILES string of the molecule is CCOC(=O)C(C(=O)CCl)[N+](C)(C)C. The molecule has 0 aliphatic carbocycles. The van der Waals surface area contributed by atoms with Crippen LogP contribution in [0.15, 0.2) is 0 Å². The molecule has 14 heavy (non-hydrogen) atoms. The molecule has 0 radical (unpaired) electrons. The minimum absolute atomic E-state index is 0.168. The predicted molar refractivity (Wildman–Crippen MR) is 54.2 cm³/mol. The van der Waals surface area contributed by atoms with Crippen LogP contribution in [0, 0.1) is 0 Å².